The number of carbonyl (C=O) groups excluding carboxylic acids is 1. The molecule has 2 atom stereocenters. The fourth-order valence-electron chi connectivity index (χ4n) is 2.01. The molecule has 1 aromatic heterocycles. The van der Waals surface area contributed by atoms with Gasteiger partial charge in [0, 0.05) is 12.7 Å². The Morgan fingerprint density at radius 1 is 1.56 bits per heavy atom. The molecular formula is C12H17N3O3. The largest absolute Gasteiger partial charge is 0.481 e. The van der Waals surface area contributed by atoms with Crippen LogP contribution in [0.2, 0.25) is 0 Å². The maximum Gasteiger partial charge on any atom is 0.231 e. The second kappa shape index (κ2) is 5.77. The molecule has 0 aliphatic carbocycles. The molecule has 2 rings (SSSR count). The molecule has 1 aliphatic rings. The maximum atomic E-state index is 12.1. The van der Waals surface area contributed by atoms with Gasteiger partial charge in [0.2, 0.25) is 11.8 Å². The molecule has 1 fully saturated rings. The van der Waals surface area contributed by atoms with Crippen LogP contribution >= 0.6 is 0 Å². The zero-order valence-electron chi connectivity index (χ0n) is 10.5. The topological polar surface area (TPSA) is 73.3 Å². The summed E-state index contributed by atoms with van der Waals surface area (Å²) in [4.78, 5) is 20.0. The average Bonchev–Trinajstić information content (AvgIpc) is 2.39. The number of nitrogens with zero attached hydrogens (tertiary/aromatic N) is 2. The average molecular weight is 251 g/mol. The third kappa shape index (κ3) is 2.95. The van der Waals surface area contributed by atoms with Gasteiger partial charge in [-0.25, -0.2) is 9.97 Å². The van der Waals surface area contributed by atoms with Crippen molar-refractivity contribution in [2.45, 2.75) is 25.9 Å². The normalized spacial score (nSPS) is 23.4. The summed E-state index contributed by atoms with van der Waals surface area (Å²) in [7, 11) is 1.52. The lowest BCUT2D eigenvalue weighted by Gasteiger charge is -2.27. The number of hydrogen-bond donors (Lipinski definition) is 1. The van der Waals surface area contributed by atoms with Gasteiger partial charge in [-0.3, -0.25) is 4.79 Å². The van der Waals surface area contributed by atoms with E-state index in [1.54, 1.807) is 6.07 Å². The van der Waals surface area contributed by atoms with Crippen LogP contribution in [-0.2, 0) is 9.53 Å². The Balaban J connectivity index is 2.01. The quantitative estimate of drug-likeness (QED) is 0.874. The minimum Gasteiger partial charge on any atom is -0.481 e. The summed E-state index contributed by atoms with van der Waals surface area (Å²) in [5, 5.41) is 2.77. The van der Waals surface area contributed by atoms with Crippen LogP contribution < -0.4 is 10.1 Å². The lowest BCUT2D eigenvalue weighted by atomic mass is 9.94. The van der Waals surface area contributed by atoms with Crippen LogP contribution in [0.1, 0.15) is 19.8 Å². The van der Waals surface area contributed by atoms with E-state index in [1.165, 1.54) is 13.4 Å². The van der Waals surface area contributed by atoms with E-state index >= 15 is 0 Å². The number of carbonyl (C=O) groups is 1. The van der Waals surface area contributed by atoms with Crippen LogP contribution in [0.5, 0.6) is 5.88 Å². The van der Waals surface area contributed by atoms with Crippen molar-refractivity contribution < 1.29 is 14.3 Å². The first-order chi connectivity index (χ1) is 8.70. The molecular weight excluding hydrogens is 234 g/mol. The van der Waals surface area contributed by atoms with E-state index in [9.17, 15) is 4.79 Å². The van der Waals surface area contributed by atoms with E-state index in [0.29, 0.717) is 11.7 Å². The number of methoxy groups -OCH3 is 1. The van der Waals surface area contributed by atoms with Crippen molar-refractivity contribution in [1.29, 1.82) is 0 Å². The summed E-state index contributed by atoms with van der Waals surface area (Å²) in [5.74, 6) is 0.681. The standard InChI is InChI=1S/C12H17N3O3/c1-8-9(4-3-5-18-8)12(16)15-10-6-11(17-2)14-7-13-10/h6-9H,3-5H2,1-2H3,(H,13,14,15,16)/t8-,9-/m0/s1. The van der Waals surface area contributed by atoms with Crippen LogP contribution in [0.15, 0.2) is 12.4 Å². The van der Waals surface area contributed by atoms with Crippen molar-refractivity contribution in [2.75, 3.05) is 19.0 Å². The van der Waals surface area contributed by atoms with Gasteiger partial charge in [0.25, 0.3) is 0 Å². The summed E-state index contributed by atoms with van der Waals surface area (Å²) >= 11 is 0. The molecule has 6 heteroatoms. The van der Waals surface area contributed by atoms with Crippen LogP contribution in [-0.4, -0.2) is 35.7 Å². The van der Waals surface area contributed by atoms with Gasteiger partial charge in [-0.15, -0.1) is 0 Å². The Labute approximate surface area is 106 Å². The molecule has 1 N–H and O–H groups in total. The Morgan fingerprint density at radius 2 is 2.39 bits per heavy atom. The Kier molecular flexibility index (Phi) is 4.09. The SMILES string of the molecule is COc1cc(NC(=O)[C@H]2CCCO[C@H]2C)ncn1. The Hall–Kier alpha value is -1.69. The lowest BCUT2D eigenvalue weighted by molar-refractivity contribution is -0.127. The summed E-state index contributed by atoms with van der Waals surface area (Å²) in [6.45, 7) is 2.65. The highest BCUT2D eigenvalue weighted by Crippen LogP contribution is 2.22. The summed E-state index contributed by atoms with van der Waals surface area (Å²) in [6, 6.07) is 1.59. The van der Waals surface area contributed by atoms with Gasteiger partial charge >= 0.3 is 0 Å². The van der Waals surface area contributed by atoms with Crippen LogP contribution in [0, 0.1) is 5.92 Å². The minimum absolute atomic E-state index is 0.0533. The van der Waals surface area contributed by atoms with Gasteiger partial charge in [-0.1, -0.05) is 0 Å². The molecule has 1 aromatic rings. The lowest BCUT2D eigenvalue weighted by Crippen LogP contribution is -2.36. The number of aromatic nitrogens is 2. The smallest absolute Gasteiger partial charge is 0.231 e. The van der Waals surface area contributed by atoms with Gasteiger partial charge < -0.3 is 14.8 Å². The van der Waals surface area contributed by atoms with Crippen LogP contribution in [0.25, 0.3) is 0 Å². The van der Waals surface area contributed by atoms with Crippen molar-refractivity contribution in [2.24, 2.45) is 5.92 Å². The van der Waals surface area contributed by atoms with Gasteiger partial charge in [0.05, 0.1) is 19.1 Å². The van der Waals surface area contributed by atoms with Crippen molar-refractivity contribution in [3.8, 4) is 5.88 Å². The van der Waals surface area contributed by atoms with Crippen molar-refractivity contribution in [3.63, 3.8) is 0 Å². The zero-order chi connectivity index (χ0) is 13.0. The van der Waals surface area contributed by atoms with Gasteiger partial charge in [-0.05, 0) is 19.8 Å². The number of rotatable bonds is 3. The molecule has 1 amide bonds. The molecule has 18 heavy (non-hydrogen) atoms. The van der Waals surface area contributed by atoms with Gasteiger partial charge in [0.15, 0.2) is 0 Å². The van der Waals surface area contributed by atoms with E-state index in [1.807, 2.05) is 6.92 Å². The molecule has 0 radical (unpaired) electrons. The van der Waals surface area contributed by atoms with E-state index in [0.717, 1.165) is 19.4 Å². The highest BCUT2D eigenvalue weighted by atomic mass is 16.5. The first-order valence-corrected chi connectivity index (χ1v) is 5.99. The molecule has 0 saturated carbocycles. The first-order valence-electron chi connectivity index (χ1n) is 5.99. The van der Waals surface area contributed by atoms with E-state index < -0.39 is 0 Å². The monoisotopic (exact) mass is 251 g/mol. The molecule has 98 valence electrons. The molecule has 2 heterocycles. The van der Waals surface area contributed by atoms with Gasteiger partial charge in [-0.2, -0.15) is 0 Å². The van der Waals surface area contributed by atoms with Crippen LogP contribution in [0.4, 0.5) is 5.82 Å². The van der Waals surface area contributed by atoms with Crippen molar-refractivity contribution in [3.05, 3.63) is 12.4 Å². The van der Waals surface area contributed by atoms with Gasteiger partial charge in [0.1, 0.15) is 12.1 Å². The second-order valence-corrected chi connectivity index (χ2v) is 4.26. The molecule has 6 nitrogen and oxygen atoms in total. The van der Waals surface area contributed by atoms with Crippen molar-refractivity contribution >= 4 is 11.7 Å². The second-order valence-electron chi connectivity index (χ2n) is 4.26. The summed E-state index contributed by atoms with van der Waals surface area (Å²) < 4.78 is 10.5. The van der Waals surface area contributed by atoms with E-state index in [4.69, 9.17) is 9.47 Å². The number of hydrogen-bond acceptors (Lipinski definition) is 5. The fraction of sp³-hybridized carbons (Fsp3) is 0.583. The number of nitrogens with one attached hydrogen (secondary N) is 1. The van der Waals surface area contributed by atoms with E-state index in [2.05, 4.69) is 15.3 Å². The first kappa shape index (κ1) is 12.8. The highest BCUT2D eigenvalue weighted by Gasteiger charge is 2.28. The Bertz CT molecular complexity index is 425. The minimum atomic E-state index is -0.125. The molecule has 0 unspecified atom stereocenters. The predicted octanol–water partition coefficient (Wildman–Crippen LogP) is 1.24. The zero-order valence-corrected chi connectivity index (χ0v) is 10.5. The maximum absolute atomic E-state index is 12.1. The molecule has 1 aliphatic heterocycles. The molecule has 0 bridgehead atoms. The molecule has 0 aromatic carbocycles. The van der Waals surface area contributed by atoms with E-state index in [-0.39, 0.29) is 17.9 Å². The fourth-order valence-corrected chi connectivity index (χ4v) is 2.01. The molecule has 1 saturated heterocycles. The number of amides is 1. The number of anilines is 1. The third-order valence-corrected chi connectivity index (χ3v) is 3.05. The van der Waals surface area contributed by atoms with Crippen LogP contribution in [0.3, 0.4) is 0 Å². The highest BCUT2D eigenvalue weighted by molar-refractivity contribution is 5.92. The molecule has 0 spiro atoms. The third-order valence-electron chi connectivity index (χ3n) is 3.05. The summed E-state index contributed by atoms with van der Waals surface area (Å²) in [5.41, 5.74) is 0. The summed E-state index contributed by atoms with van der Waals surface area (Å²) in [6.07, 6.45) is 3.06. The number of ether oxygens (including phenoxy) is 2. The Morgan fingerprint density at radius 3 is 3.11 bits per heavy atom. The predicted molar refractivity (Wildman–Crippen MR) is 65.4 cm³/mol. The van der Waals surface area contributed by atoms with Crippen molar-refractivity contribution in [1.82, 2.24) is 9.97 Å².